The van der Waals surface area contributed by atoms with Gasteiger partial charge in [-0.05, 0) is 24.3 Å². The van der Waals surface area contributed by atoms with Crippen molar-refractivity contribution < 1.29 is 28.5 Å². The predicted octanol–water partition coefficient (Wildman–Crippen LogP) is 2.50. The van der Waals surface area contributed by atoms with E-state index in [2.05, 4.69) is 10.1 Å². The summed E-state index contributed by atoms with van der Waals surface area (Å²) in [7, 11) is 2.76. The van der Waals surface area contributed by atoms with Crippen LogP contribution in [0.3, 0.4) is 0 Å². The third-order valence-electron chi connectivity index (χ3n) is 4.26. The van der Waals surface area contributed by atoms with Gasteiger partial charge in [-0.3, -0.25) is 4.79 Å². The second-order valence-electron chi connectivity index (χ2n) is 5.93. The van der Waals surface area contributed by atoms with Crippen molar-refractivity contribution in [1.29, 1.82) is 0 Å². The second kappa shape index (κ2) is 8.44. The van der Waals surface area contributed by atoms with Gasteiger partial charge in [-0.15, -0.1) is 0 Å². The van der Waals surface area contributed by atoms with E-state index in [1.807, 2.05) is 24.3 Å². The molecule has 0 radical (unpaired) electrons. The maximum atomic E-state index is 12.7. The van der Waals surface area contributed by atoms with E-state index in [9.17, 15) is 9.59 Å². The van der Waals surface area contributed by atoms with Gasteiger partial charge in [0.15, 0.2) is 18.1 Å². The highest BCUT2D eigenvalue weighted by Crippen LogP contribution is 2.32. The number of rotatable bonds is 6. The lowest BCUT2D eigenvalue weighted by atomic mass is 10.00. The van der Waals surface area contributed by atoms with E-state index in [0.29, 0.717) is 30.1 Å². The van der Waals surface area contributed by atoms with Crippen LogP contribution < -0.4 is 19.5 Å². The van der Waals surface area contributed by atoms with Crippen molar-refractivity contribution in [1.82, 2.24) is 5.32 Å². The molecule has 0 saturated heterocycles. The number of ether oxygens (including phenoxy) is 4. The molecule has 0 spiro atoms. The highest BCUT2D eigenvalue weighted by atomic mass is 16.6. The van der Waals surface area contributed by atoms with Gasteiger partial charge in [0.05, 0.1) is 26.9 Å². The Labute approximate surface area is 157 Å². The molecule has 2 aromatic rings. The lowest BCUT2D eigenvalue weighted by Gasteiger charge is -2.26. The molecule has 7 nitrogen and oxygen atoms in total. The zero-order valence-electron chi connectivity index (χ0n) is 15.2. The van der Waals surface area contributed by atoms with Crippen LogP contribution in [0.4, 0.5) is 0 Å². The summed E-state index contributed by atoms with van der Waals surface area (Å²) in [6.07, 6.45) is 0.685. The summed E-state index contributed by atoms with van der Waals surface area (Å²) in [4.78, 5) is 24.0. The summed E-state index contributed by atoms with van der Waals surface area (Å²) >= 11 is 0. The number of fused-ring (bicyclic) bond motifs is 1. The van der Waals surface area contributed by atoms with E-state index >= 15 is 0 Å². The summed E-state index contributed by atoms with van der Waals surface area (Å²) in [5.41, 5.74) is 1.35. The normalized spacial score (nSPS) is 15.1. The maximum absolute atomic E-state index is 12.7. The third-order valence-corrected chi connectivity index (χ3v) is 4.26. The molecule has 2 aromatic carbocycles. The SMILES string of the molecule is COC(=O)COc1cc(C(=O)NC2CCOc3ccccc32)ccc1OC. The quantitative estimate of drug-likeness (QED) is 0.786. The molecule has 1 heterocycles. The third kappa shape index (κ3) is 4.31. The van der Waals surface area contributed by atoms with Crippen LogP contribution in [-0.4, -0.2) is 39.3 Å². The van der Waals surface area contributed by atoms with Crippen LogP contribution in [0, 0.1) is 0 Å². The number of nitrogens with one attached hydrogen (secondary N) is 1. The Hall–Kier alpha value is -3.22. The van der Waals surface area contributed by atoms with Gasteiger partial charge in [0, 0.05) is 17.5 Å². The van der Waals surface area contributed by atoms with Crippen LogP contribution in [-0.2, 0) is 9.53 Å². The fourth-order valence-corrected chi connectivity index (χ4v) is 2.86. The number of carbonyl (C=O) groups is 2. The molecule has 1 N–H and O–H groups in total. The molecule has 0 aliphatic carbocycles. The van der Waals surface area contributed by atoms with Crippen LogP contribution in [0.15, 0.2) is 42.5 Å². The minimum absolute atomic E-state index is 0.135. The summed E-state index contributed by atoms with van der Waals surface area (Å²) < 4.78 is 20.8. The molecule has 1 amide bonds. The van der Waals surface area contributed by atoms with Crippen LogP contribution in [0.1, 0.15) is 28.4 Å². The first-order valence-electron chi connectivity index (χ1n) is 8.52. The molecule has 1 atom stereocenters. The van der Waals surface area contributed by atoms with Crippen molar-refractivity contribution in [2.45, 2.75) is 12.5 Å². The standard InChI is InChI=1S/C20H21NO6/c1-24-17-8-7-13(11-18(17)27-12-19(22)25-2)20(23)21-15-9-10-26-16-6-4-3-5-14(15)16/h3-8,11,15H,9-10,12H2,1-2H3,(H,21,23). The average molecular weight is 371 g/mol. The van der Waals surface area contributed by atoms with Gasteiger partial charge < -0.3 is 24.3 Å². The lowest BCUT2D eigenvalue weighted by Crippen LogP contribution is -2.32. The van der Waals surface area contributed by atoms with Gasteiger partial charge >= 0.3 is 5.97 Å². The Morgan fingerprint density at radius 3 is 2.74 bits per heavy atom. The average Bonchev–Trinajstić information content (AvgIpc) is 2.71. The lowest BCUT2D eigenvalue weighted by molar-refractivity contribution is -0.142. The topological polar surface area (TPSA) is 83.1 Å². The van der Waals surface area contributed by atoms with Crippen molar-refractivity contribution >= 4 is 11.9 Å². The van der Waals surface area contributed by atoms with Gasteiger partial charge in [0.2, 0.25) is 0 Å². The first-order valence-corrected chi connectivity index (χ1v) is 8.52. The largest absolute Gasteiger partial charge is 0.493 e. The number of methoxy groups -OCH3 is 2. The highest BCUT2D eigenvalue weighted by Gasteiger charge is 2.23. The number of carbonyl (C=O) groups excluding carboxylic acids is 2. The van der Waals surface area contributed by atoms with Gasteiger partial charge in [-0.25, -0.2) is 4.79 Å². The van der Waals surface area contributed by atoms with Crippen LogP contribution in [0.2, 0.25) is 0 Å². The smallest absolute Gasteiger partial charge is 0.343 e. The fourth-order valence-electron chi connectivity index (χ4n) is 2.86. The molecule has 1 aliphatic rings. The summed E-state index contributed by atoms with van der Waals surface area (Å²) in [6, 6.07) is 12.3. The van der Waals surface area contributed by atoms with Crippen molar-refractivity contribution in [2.24, 2.45) is 0 Å². The Balaban J connectivity index is 1.76. The number of para-hydroxylation sites is 1. The summed E-state index contributed by atoms with van der Waals surface area (Å²) in [5, 5.41) is 3.03. The minimum Gasteiger partial charge on any atom is -0.493 e. The molecule has 0 saturated carbocycles. The molecule has 0 aromatic heterocycles. The molecular weight excluding hydrogens is 350 g/mol. The van der Waals surface area contributed by atoms with Gasteiger partial charge in [-0.2, -0.15) is 0 Å². The van der Waals surface area contributed by atoms with Crippen LogP contribution in [0.25, 0.3) is 0 Å². The Bertz CT molecular complexity index is 835. The Morgan fingerprint density at radius 1 is 1.15 bits per heavy atom. The Kier molecular flexibility index (Phi) is 5.80. The first kappa shape index (κ1) is 18.6. The van der Waals surface area contributed by atoms with E-state index in [1.54, 1.807) is 18.2 Å². The molecular formula is C20H21NO6. The number of hydrogen-bond donors (Lipinski definition) is 1. The van der Waals surface area contributed by atoms with Crippen molar-refractivity contribution in [3.63, 3.8) is 0 Å². The molecule has 142 valence electrons. The molecule has 1 aliphatic heterocycles. The van der Waals surface area contributed by atoms with E-state index in [4.69, 9.17) is 14.2 Å². The highest BCUT2D eigenvalue weighted by molar-refractivity contribution is 5.95. The van der Waals surface area contributed by atoms with Gasteiger partial charge in [-0.1, -0.05) is 18.2 Å². The molecule has 27 heavy (non-hydrogen) atoms. The molecule has 1 unspecified atom stereocenters. The first-order chi connectivity index (χ1) is 13.1. The van der Waals surface area contributed by atoms with Crippen molar-refractivity contribution in [2.75, 3.05) is 27.4 Å². The van der Waals surface area contributed by atoms with E-state index in [1.165, 1.54) is 14.2 Å². The number of amides is 1. The van der Waals surface area contributed by atoms with Gasteiger partial charge in [0.25, 0.3) is 5.91 Å². The number of hydrogen-bond acceptors (Lipinski definition) is 6. The summed E-state index contributed by atoms with van der Waals surface area (Å²) in [5.74, 6) is 0.730. The zero-order chi connectivity index (χ0) is 19.2. The Morgan fingerprint density at radius 2 is 1.96 bits per heavy atom. The van der Waals surface area contributed by atoms with E-state index in [0.717, 1.165) is 11.3 Å². The maximum Gasteiger partial charge on any atom is 0.343 e. The number of esters is 1. The minimum atomic E-state index is -0.522. The predicted molar refractivity (Wildman–Crippen MR) is 97.3 cm³/mol. The monoisotopic (exact) mass is 371 g/mol. The fraction of sp³-hybridized carbons (Fsp3) is 0.300. The van der Waals surface area contributed by atoms with Crippen LogP contribution >= 0.6 is 0 Å². The van der Waals surface area contributed by atoms with Gasteiger partial charge in [0.1, 0.15) is 5.75 Å². The molecule has 0 fully saturated rings. The van der Waals surface area contributed by atoms with E-state index < -0.39 is 5.97 Å². The molecule has 0 bridgehead atoms. The van der Waals surface area contributed by atoms with Crippen molar-refractivity contribution in [3.8, 4) is 17.2 Å². The summed E-state index contributed by atoms with van der Waals surface area (Å²) in [6.45, 7) is 0.267. The van der Waals surface area contributed by atoms with E-state index in [-0.39, 0.29) is 18.6 Å². The molecule has 3 rings (SSSR count). The number of benzene rings is 2. The van der Waals surface area contributed by atoms with Crippen molar-refractivity contribution in [3.05, 3.63) is 53.6 Å². The molecule has 7 heteroatoms. The van der Waals surface area contributed by atoms with Crippen LogP contribution in [0.5, 0.6) is 17.2 Å². The zero-order valence-corrected chi connectivity index (χ0v) is 15.2. The second-order valence-corrected chi connectivity index (χ2v) is 5.93.